The van der Waals surface area contributed by atoms with Gasteiger partial charge in [-0.25, -0.2) is 0 Å². The lowest BCUT2D eigenvalue weighted by molar-refractivity contribution is -0.118. The molecule has 1 aromatic rings. The minimum atomic E-state index is -0.245. The van der Waals surface area contributed by atoms with Gasteiger partial charge in [-0.05, 0) is 19.4 Å². The molecule has 0 aliphatic carbocycles. The van der Waals surface area contributed by atoms with Crippen LogP contribution in [0.5, 0.6) is 0 Å². The summed E-state index contributed by atoms with van der Waals surface area (Å²) in [5.74, 6) is -0.245. The Morgan fingerprint density at radius 2 is 1.94 bits per heavy atom. The number of benzene rings is 1. The number of carbonyl (C=O) groups is 1. The Balaban J connectivity index is 2.59. The SMILES string of the molecule is CC(C)=CCN(CCC(N)=O)Cc1ccccc1. The zero-order valence-corrected chi connectivity index (χ0v) is 11.2. The molecule has 0 saturated carbocycles. The third kappa shape index (κ3) is 6.21. The molecule has 0 fully saturated rings. The van der Waals surface area contributed by atoms with Crippen LogP contribution in [-0.4, -0.2) is 23.9 Å². The summed E-state index contributed by atoms with van der Waals surface area (Å²) in [5, 5.41) is 0. The Hall–Kier alpha value is -1.61. The monoisotopic (exact) mass is 246 g/mol. The van der Waals surface area contributed by atoms with Gasteiger partial charge in [-0.15, -0.1) is 0 Å². The molecule has 3 heteroatoms. The van der Waals surface area contributed by atoms with E-state index in [1.54, 1.807) is 0 Å². The molecular weight excluding hydrogens is 224 g/mol. The molecule has 0 unspecified atom stereocenters. The maximum Gasteiger partial charge on any atom is 0.218 e. The van der Waals surface area contributed by atoms with Crippen molar-refractivity contribution in [2.45, 2.75) is 26.8 Å². The number of amides is 1. The van der Waals surface area contributed by atoms with Crippen LogP contribution in [0.3, 0.4) is 0 Å². The van der Waals surface area contributed by atoms with Crippen LogP contribution >= 0.6 is 0 Å². The lowest BCUT2D eigenvalue weighted by Gasteiger charge is -2.20. The summed E-state index contributed by atoms with van der Waals surface area (Å²) in [6.07, 6.45) is 2.58. The third-order valence-electron chi connectivity index (χ3n) is 2.68. The summed E-state index contributed by atoms with van der Waals surface area (Å²) in [7, 11) is 0. The highest BCUT2D eigenvalue weighted by molar-refractivity contribution is 5.73. The van der Waals surface area contributed by atoms with E-state index < -0.39 is 0 Å². The third-order valence-corrected chi connectivity index (χ3v) is 2.68. The van der Waals surface area contributed by atoms with E-state index in [1.165, 1.54) is 11.1 Å². The van der Waals surface area contributed by atoms with E-state index in [1.807, 2.05) is 18.2 Å². The molecule has 1 rings (SSSR count). The molecule has 98 valence electrons. The molecule has 0 atom stereocenters. The summed E-state index contributed by atoms with van der Waals surface area (Å²) in [6, 6.07) is 10.3. The maximum atomic E-state index is 10.9. The number of hydrogen-bond acceptors (Lipinski definition) is 2. The van der Waals surface area contributed by atoms with Gasteiger partial charge in [0.2, 0.25) is 5.91 Å². The van der Waals surface area contributed by atoms with Crippen molar-refractivity contribution in [3.63, 3.8) is 0 Å². The Labute approximate surface area is 109 Å². The topological polar surface area (TPSA) is 46.3 Å². The van der Waals surface area contributed by atoms with Crippen molar-refractivity contribution in [1.82, 2.24) is 4.90 Å². The molecule has 0 aliphatic rings. The number of rotatable bonds is 7. The maximum absolute atomic E-state index is 10.9. The van der Waals surface area contributed by atoms with Gasteiger partial charge in [0.25, 0.3) is 0 Å². The first-order valence-corrected chi connectivity index (χ1v) is 6.26. The van der Waals surface area contributed by atoms with E-state index >= 15 is 0 Å². The molecule has 0 radical (unpaired) electrons. The van der Waals surface area contributed by atoms with Gasteiger partial charge in [-0.3, -0.25) is 9.69 Å². The van der Waals surface area contributed by atoms with Crippen LogP contribution in [0.25, 0.3) is 0 Å². The van der Waals surface area contributed by atoms with Crippen molar-refractivity contribution in [1.29, 1.82) is 0 Å². The molecule has 0 spiro atoms. The first-order valence-electron chi connectivity index (χ1n) is 6.26. The van der Waals surface area contributed by atoms with E-state index in [-0.39, 0.29) is 5.91 Å². The molecule has 1 amide bonds. The first-order chi connectivity index (χ1) is 8.58. The van der Waals surface area contributed by atoms with Crippen LogP contribution in [0, 0.1) is 0 Å². The molecule has 0 bridgehead atoms. The van der Waals surface area contributed by atoms with Gasteiger partial charge in [0.05, 0.1) is 0 Å². The van der Waals surface area contributed by atoms with Gasteiger partial charge in [0.1, 0.15) is 0 Å². The number of hydrogen-bond donors (Lipinski definition) is 1. The van der Waals surface area contributed by atoms with Gasteiger partial charge < -0.3 is 5.73 Å². The fraction of sp³-hybridized carbons (Fsp3) is 0.400. The van der Waals surface area contributed by atoms with Crippen LogP contribution in [0.15, 0.2) is 42.0 Å². The van der Waals surface area contributed by atoms with Gasteiger partial charge in [0, 0.05) is 26.1 Å². The number of nitrogens with zero attached hydrogens (tertiary/aromatic N) is 1. The summed E-state index contributed by atoms with van der Waals surface area (Å²) in [5.41, 5.74) is 7.75. The fourth-order valence-corrected chi connectivity index (χ4v) is 1.66. The Kier molecular flexibility index (Phi) is 6.15. The lowest BCUT2D eigenvalue weighted by Crippen LogP contribution is -2.28. The molecule has 18 heavy (non-hydrogen) atoms. The normalized spacial score (nSPS) is 10.4. The van der Waals surface area contributed by atoms with Crippen LogP contribution in [-0.2, 0) is 11.3 Å². The molecule has 3 nitrogen and oxygen atoms in total. The van der Waals surface area contributed by atoms with E-state index in [2.05, 4.69) is 37.0 Å². The van der Waals surface area contributed by atoms with E-state index in [0.29, 0.717) is 13.0 Å². The summed E-state index contributed by atoms with van der Waals surface area (Å²) >= 11 is 0. The average Bonchev–Trinajstić information content (AvgIpc) is 2.33. The van der Waals surface area contributed by atoms with Gasteiger partial charge >= 0.3 is 0 Å². The van der Waals surface area contributed by atoms with Crippen molar-refractivity contribution in [3.8, 4) is 0 Å². The number of allylic oxidation sites excluding steroid dienone is 1. The molecule has 0 aromatic heterocycles. The Bertz CT molecular complexity index is 394. The van der Waals surface area contributed by atoms with Crippen molar-refractivity contribution in [2.24, 2.45) is 5.73 Å². The highest BCUT2D eigenvalue weighted by Gasteiger charge is 2.06. The molecule has 1 aromatic carbocycles. The number of primary amides is 1. The van der Waals surface area contributed by atoms with Gasteiger partial charge in [-0.1, -0.05) is 42.0 Å². The number of nitrogens with two attached hydrogens (primary N) is 1. The summed E-state index contributed by atoms with van der Waals surface area (Å²) in [6.45, 7) is 6.56. The predicted molar refractivity (Wildman–Crippen MR) is 75.0 cm³/mol. The highest BCUT2D eigenvalue weighted by Crippen LogP contribution is 2.05. The Morgan fingerprint density at radius 3 is 2.50 bits per heavy atom. The zero-order valence-electron chi connectivity index (χ0n) is 11.2. The van der Waals surface area contributed by atoms with Crippen molar-refractivity contribution < 1.29 is 4.79 Å². The fourth-order valence-electron chi connectivity index (χ4n) is 1.66. The Morgan fingerprint density at radius 1 is 1.28 bits per heavy atom. The van der Waals surface area contributed by atoms with Gasteiger partial charge in [-0.2, -0.15) is 0 Å². The molecule has 2 N–H and O–H groups in total. The largest absolute Gasteiger partial charge is 0.370 e. The van der Waals surface area contributed by atoms with Crippen molar-refractivity contribution in [2.75, 3.05) is 13.1 Å². The van der Waals surface area contributed by atoms with E-state index in [4.69, 9.17) is 5.73 Å². The second kappa shape index (κ2) is 7.67. The van der Waals surface area contributed by atoms with Crippen LogP contribution < -0.4 is 5.73 Å². The minimum Gasteiger partial charge on any atom is -0.370 e. The zero-order chi connectivity index (χ0) is 13.4. The van der Waals surface area contributed by atoms with Crippen LogP contribution in [0.4, 0.5) is 0 Å². The summed E-state index contributed by atoms with van der Waals surface area (Å²) in [4.78, 5) is 13.1. The average molecular weight is 246 g/mol. The smallest absolute Gasteiger partial charge is 0.218 e. The van der Waals surface area contributed by atoms with Gasteiger partial charge in [0.15, 0.2) is 0 Å². The predicted octanol–water partition coefficient (Wildman–Crippen LogP) is 2.33. The highest BCUT2D eigenvalue weighted by atomic mass is 16.1. The quantitative estimate of drug-likeness (QED) is 0.751. The van der Waals surface area contributed by atoms with E-state index in [9.17, 15) is 4.79 Å². The summed E-state index contributed by atoms with van der Waals surface area (Å²) < 4.78 is 0. The van der Waals surface area contributed by atoms with E-state index in [0.717, 1.165) is 13.1 Å². The second-order valence-corrected chi connectivity index (χ2v) is 4.72. The molecule has 0 saturated heterocycles. The van der Waals surface area contributed by atoms with Crippen LogP contribution in [0.2, 0.25) is 0 Å². The number of carbonyl (C=O) groups excluding carboxylic acids is 1. The molecule has 0 aliphatic heterocycles. The van der Waals surface area contributed by atoms with Crippen molar-refractivity contribution >= 4 is 5.91 Å². The molecule has 0 heterocycles. The van der Waals surface area contributed by atoms with Crippen LogP contribution in [0.1, 0.15) is 25.8 Å². The second-order valence-electron chi connectivity index (χ2n) is 4.72. The first kappa shape index (κ1) is 14.5. The van der Waals surface area contributed by atoms with Crippen molar-refractivity contribution in [3.05, 3.63) is 47.5 Å². The minimum absolute atomic E-state index is 0.245. The lowest BCUT2D eigenvalue weighted by atomic mass is 10.2. The standard InChI is InChI=1S/C15H22N2O/c1-13(2)8-10-17(11-9-15(16)18)12-14-6-4-3-5-7-14/h3-8H,9-12H2,1-2H3,(H2,16,18). The molecular formula is C15H22N2O.